The van der Waals surface area contributed by atoms with Crippen LogP contribution in [0.1, 0.15) is 17.2 Å². The van der Waals surface area contributed by atoms with Gasteiger partial charge in [-0.15, -0.1) is 10.2 Å². The molecule has 2 aromatic heterocycles. The highest BCUT2D eigenvalue weighted by Gasteiger charge is 2.35. The maximum Gasteiger partial charge on any atom is 0.251 e. The van der Waals surface area contributed by atoms with Crippen LogP contribution in [0.3, 0.4) is 0 Å². The molecule has 0 saturated heterocycles. The normalized spacial score (nSPS) is 11.7. The highest BCUT2D eigenvalue weighted by molar-refractivity contribution is 6.03. The van der Waals surface area contributed by atoms with Gasteiger partial charge < -0.3 is 10.3 Å². The molecule has 10 heteroatoms. The molecule has 2 N–H and O–H groups in total. The van der Waals surface area contributed by atoms with E-state index >= 15 is 0 Å². The van der Waals surface area contributed by atoms with E-state index in [4.69, 9.17) is 0 Å². The molecule has 0 fully saturated rings. The van der Waals surface area contributed by atoms with E-state index in [0.717, 1.165) is 16.5 Å². The number of para-hydroxylation sites is 2. The van der Waals surface area contributed by atoms with Crippen molar-refractivity contribution in [1.29, 1.82) is 0 Å². The fourth-order valence-corrected chi connectivity index (χ4v) is 4.85. The third kappa shape index (κ3) is 5.64. The Morgan fingerprint density at radius 2 is 1.57 bits per heavy atom. The van der Waals surface area contributed by atoms with Gasteiger partial charge in [0.2, 0.25) is 11.7 Å². The van der Waals surface area contributed by atoms with Gasteiger partial charge in [0.15, 0.2) is 0 Å². The number of anilines is 1. The van der Waals surface area contributed by atoms with Crippen LogP contribution in [0.5, 0.6) is 0 Å². The van der Waals surface area contributed by atoms with Crippen molar-refractivity contribution < 1.29 is 14.0 Å². The second kappa shape index (κ2) is 11.8. The Bertz CT molecular complexity index is 1820. The summed E-state index contributed by atoms with van der Waals surface area (Å²) in [4.78, 5) is 34.0. The van der Waals surface area contributed by atoms with Crippen molar-refractivity contribution in [3.05, 3.63) is 132 Å². The first-order valence-corrected chi connectivity index (χ1v) is 13.4. The number of fused-ring (bicyclic) bond motifs is 1. The molecule has 0 saturated carbocycles. The number of tetrazole rings is 1. The Balaban J connectivity index is 1.37. The van der Waals surface area contributed by atoms with Gasteiger partial charge in [0.1, 0.15) is 18.4 Å². The van der Waals surface area contributed by atoms with E-state index < -0.39 is 11.9 Å². The van der Waals surface area contributed by atoms with Crippen molar-refractivity contribution in [3.8, 4) is 11.4 Å². The van der Waals surface area contributed by atoms with E-state index in [-0.39, 0.29) is 24.1 Å². The molecule has 0 aliphatic heterocycles. The zero-order valence-electron chi connectivity index (χ0n) is 22.4. The summed E-state index contributed by atoms with van der Waals surface area (Å²) in [6.07, 6.45) is 1.76. The quantitative estimate of drug-likeness (QED) is 0.258. The number of nitrogens with zero attached hydrogens (tertiary/aromatic N) is 5. The first-order chi connectivity index (χ1) is 20.6. The second-order valence-electron chi connectivity index (χ2n) is 9.65. The lowest BCUT2D eigenvalue weighted by atomic mass is 10.0. The third-order valence-electron chi connectivity index (χ3n) is 6.87. The Hall–Kier alpha value is -5.64. The summed E-state index contributed by atoms with van der Waals surface area (Å²) in [5.74, 6) is -0.898. The Kier molecular flexibility index (Phi) is 7.50. The number of amides is 2. The predicted octanol–water partition coefficient (Wildman–Crippen LogP) is 5.05. The van der Waals surface area contributed by atoms with Gasteiger partial charge in [-0.05, 0) is 53.2 Å². The number of carbonyl (C=O) groups excluding carboxylic acids is 2. The van der Waals surface area contributed by atoms with Crippen LogP contribution in [0, 0.1) is 5.82 Å². The van der Waals surface area contributed by atoms with Crippen LogP contribution in [-0.2, 0) is 22.7 Å². The van der Waals surface area contributed by atoms with E-state index in [1.54, 1.807) is 30.5 Å². The van der Waals surface area contributed by atoms with Gasteiger partial charge in [0.25, 0.3) is 5.91 Å². The van der Waals surface area contributed by atoms with Crippen LogP contribution in [0.25, 0.3) is 22.3 Å². The van der Waals surface area contributed by atoms with Gasteiger partial charge in [-0.25, -0.2) is 4.39 Å². The number of nitrogens with one attached hydrogen (secondary N) is 2. The lowest BCUT2D eigenvalue weighted by molar-refractivity contribution is -0.127. The van der Waals surface area contributed by atoms with Gasteiger partial charge in [0, 0.05) is 40.5 Å². The standard InChI is InChI=1S/C32H26FN7O2/c33-24-17-15-23(16-18-24)31-36-38-39(37-31)21-29(41)40(25-11-5-2-6-12-25)30(27-20-34-28-14-8-7-13-26(27)28)32(42)35-19-22-9-3-1-4-10-22/h1-18,20,30,34H,19,21H2,(H,35,42)/t30-/m0/s1. The lowest BCUT2D eigenvalue weighted by Crippen LogP contribution is -2.45. The summed E-state index contributed by atoms with van der Waals surface area (Å²) in [5, 5.41) is 16.3. The minimum atomic E-state index is -1.01. The van der Waals surface area contributed by atoms with Crippen LogP contribution >= 0.6 is 0 Å². The smallest absolute Gasteiger partial charge is 0.251 e. The number of aromatic amines is 1. The number of rotatable bonds is 9. The molecule has 208 valence electrons. The molecule has 6 rings (SSSR count). The average molecular weight is 560 g/mol. The van der Waals surface area contributed by atoms with Gasteiger partial charge in [-0.1, -0.05) is 66.7 Å². The number of carbonyl (C=O) groups is 2. The van der Waals surface area contributed by atoms with E-state index in [9.17, 15) is 14.0 Å². The van der Waals surface area contributed by atoms with Crippen LogP contribution in [0.2, 0.25) is 0 Å². The molecule has 0 radical (unpaired) electrons. The molecular formula is C32H26FN7O2. The van der Waals surface area contributed by atoms with Crippen LogP contribution in [0.15, 0.2) is 115 Å². The Labute approximate surface area is 240 Å². The van der Waals surface area contributed by atoms with Crippen LogP contribution in [-0.4, -0.2) is 37.0 Å². The molecule has 6 aromatic rings. The molecule has 0 aliphatic carbocycles. The third-order valence-corrected chi connectivity index (χ3v) is 6.87. The molecule has 4 aromatic carbocycles. The Morgan fingerprint density at radius 3 is 2.33 bits per heavy atom. The first-order valence-electron chi connectivity index (χ1n) is 13.4. The van der Waals surface area contributed by atoms with Crippen molar-refractivity contribution in [2.24, 2.45) is 0 Å². The SMILES string of the molecule is O=C(NCc1ccccc1)[C@H](c1c[nH]c2ccccc12)N(C(=O)Cn1nnc(-c2ccc(F)cc2)n1)c1ccccc1. The van der Waals surface area contributed by atoms with Gasteiger partial charge in [0.05, 0.1) is 0 Å². The van der Waals surface area contributed by atoms with Crippen molar-refractivity contribution in [2.45, 2.75) is 19.1 Å². The summed E-state index contributed by atoms with van der Waals surface area (Å²) in [6, 6.07) is 30.9. The number of halogens is 1. The summed E-state index contributed by atoms with van der Waals surface area (Å²) >= 11 is 0. The number of benzene rings is 4. The van der Waals surface area contributed by atoms with E-state index in [1.807, 2.05) is 72.8 Å². The molecule has 0 bridgehead atoms. The minimum Gasteiger partial charge on any atom is -0.361 e. The second-order valence-corrected chi connectivity index (χ2v) is 9.65. The molecule has 0 spiro atoms. The minimum absolute atomic E-state index is 0.253. The lowest BCUT2D eigenvalue weighted by Gasteiger charge is -2.31. The molecule has 1 atom stereocenters. The summed E-state index contributed by atoms with van der Waals surface area (Å²) < 4.78 is 13.4. The van der Waals surface area contributed by atoms with Crippen LogP contribution < -0.4 is 10.2 Å². The fraction of sp³-hybridized carbons (Fsp3) is 0.0938. The van der Waals surface area contributed by atoms with Crippen molar-refractivity contribution >= 4 is 28.4 Å². The van der Waals surface area contributed by atoms with Crippen LogP contribution in [0.4, 0.5) is 10.1 Å². The summed E-state index contributed by atoms with van der Waals surface area (Å²) in [5.41, 5.74) is 3.52. The largest absolute Gasteiger partial charge is 0.361 e. The van der Waals surface area contributed by atoms with Crippen molar-refractivity contribution in [3.63, 3.8) is 0 Å². The highest BCUT2D eigenvalue weighted by atomic mass is 19.1. The van der Waals surface area contributed by atoms with E-state index in [0.29, 0.717) is 23.4 Å². The first kappa shape index (κ1) is 26.6. The van der Waals surface area contributed by atoms with Crippen molar-refractivity contribution in [1.82, 2.24) is 30.5 Å². The van der Waals surface area contributed by atoms with Crippen molar-refractivity contribution in [2.75, 3.05) is 4.90 Å². The molecule has 9 nitrogen and oxygen atoms in total. The predicted molar refractivity (Wildman–Crippen MR) is 156 cm³/mol. The number of hydrogen-bond acceptors (Lipinski definition) is 5. The zero-order valence-corrected chi connectivity index (χ0v) is 22.4. The number of hydrogen-bond donors (Lipinski definition) is 2. The van der Waals surface area contributed by atoms with E-state index in [2.05, 4.69) is 25.7 Å². The molecule has 2 amide bonds. The van der Waals surface area contributed by atoms with Gasteiger partial charge in [-0.2, -0.15) is 4.80 Å². The Morgan fingerprint density at radius 1 is 0.881 bits per heavy atom. The monoisotopic (exact) mass is 559 g/mol. The number of aromatic nitrogens is 5. The fourth-order valence-electron chi connectivity index (χ4n) is 4.85. The van der Waals surface area contributed by atoms with E-state index in [1.165, 1.54) is 21.8 Å². The average Bonchev–Trinajstić information content (AvgIpc) is 3.67. The molecule has 0 aliphatic rings. The summed E-state index contributed by atoms with van der Waals surface area (Å²) in [7, 11) is 0. The van der Waals surface area contributed by atoms with Gasteiger partial charge in [-0.3, -0.25) is 14.5 Å². The molecule has 0 unspecified atom stereocenters. The topological polar surface area (TPSA) is 109 Å². The maximum absolute atomic E-state index is 14.1. The zero-order chi connectivity index (χ0) is 28.9. The maximum atomic E-state index is 14.1. The van der Waals surface area contributed by atoms with Gasteiger partial charge >= 0.3 is 0 Å². The molecular weight excluding hydrogens is 533 g/mol. The molecule has 2 heterocycles. The molecule has 42 heavy (non-hydrogen) atoms. The highest BCUT2D eigenvalue weighted by Crippen LogP contribution is 2.33. The number of H-pyrrole nitrogens is 1. The summed E-state index contributed by atoms with van der Waals surface area (Å²) in [6.45, 7) is 0.00885.